The fraction of sp³-hybridized carbons (Fsp3) is 0.400. The molecular weight excluding hydrogens is 344 g/mol. The Morgan fingerprint density at radius 1 is 1.26 bits per heavy atom. The molecule has 1 saturated heterocycles. The van der Waals surface area contributed by atoms with Crippen LogP contribution in [0.5, 0.6) is 0 Å². The number of amides is 1. The number of nitrogens with one attached hydrogen (secondary N) is 1. The van der Waals surface area contributed by atoms with Gasteiger partial charge in [-0.25, -0.2) is 14.8 Å². The van der Waals surface area contributed by atoms with Crippen molar-refractivity contribution in [2.45, 2.75) is 26.7 Å². The van der Waals surface area contributed by atoms with Gasteiger partial charge in [-0.3, -0.25) is 4.79 Å². The third-order valence-electron chi connectivity index (χ3n) is 4.58. The van der Waals surface area contributed by atoms with Crippen LogP contribution < -0.4 is 10.2 Å². The molecular formula is C20H24N4O3. The average Bonchev–Trinajstić information content (AvgIpc) is 2.67. The lowest BCUT2D eigenvalue weighted by atomic mass is 10.0. The van der Waals surface area contributed by atoms with Gasteiger partial charge in [-0.15, -0.1) is 0 Å². The van der Waals surface area contributed by atoms with Crippen LogP contribution in [0.2, 0.25) is 0 Å². The third kappa shape index (κ3) is 4.61. The smallest absolute Gasteiger partial charge is 0.337 e. The van der Waals surface area contributed by atoms with Crippen molar-refractivity contribution >= 4 is 23.4 Å². The quantitative estimate of drug-likeness (QED) is 0.835. The zero-order valence-corrected chi connectivity index (χ0v) is 15.9. The molecule has 1 aromatic heterocycles. The number of carbonyl (C=O) groups excluding carboxylic acids is 2. The lowest BCUT2D eigenvalue weighted by molar-refractivity contribution is 0.0600. The molecule has 1 unspecified atom stereocenters. The van der Waals surface area contributed by atoms with Crippen LogP contribution in [0.1, 0.15) is 46.4 Å². The number of anilines is 2. The minimum absolute atomic E-state index is 0.305. The standard InChI is InChI=1S/C20H24N4O3/c1-13-6-5-9-24(12-13)18-11-17(21-14(2)22-18)19(25)23-16-8-4-7-15(10-16)20(26)27-3/h4,7-8,10-11,13H,5-6,9,12H2,1-3H3,(H,23,25). The number of benzene rings is 1. The first-order valence-corrected chi connectivity index (χ1v) is 9.06. The van der Waals surface area contributed by atoms with Crippen LogP contribution >= 0.6 is 0 Å². The summed E-state index contributed by atoms with van der Waals surface area (Å²) in [5.41, 5.74) is 1.18. The van der Waals surface area contributed by atoms with E-state index in [1.54, 1.807) is 37.3 Å². The Morgan fingerprint density at radius 3 is 2.81 bits per heavy atom. The van der Waals surface area contributed by atoms with Gasteiger partial charge in [0.1, 0.15) is 17.3 Å². The van der Waals surface area contributed by atoms with Crippen molar-refractivity contribution in [2.24, 2.45) is 5.92 Å². The fourth-order valence-electron chi connectivity index (χ4n) is 3.26. The van der Waals surface area contributed by atoms with Crippen LogP contribution in [-0.2, 0) is 4.74 Å². The van der Waals surface area contributed by atoms with Gasteiger partial charge in [-0.2, -0.15) is 0 Å². The number of piperidine rings is 1. The lowest BCUT2D eigenvalue weighted by Gasteiger charge is -2.32. The molecule has 1 fully saturated rings. The van der Waals surface area contributed by atoms with Crippen molar-refractivity contribution in [3.63, 3.8) is 0 Å². The summed E-state index contributed by atoms with van der Waals surface area (Å²) in [6.45, 7) is 5.87. The molecule has 0 spiro atoms. The first-order valence-electron chi connectivity index (χ1n) is 9.06. The Bertz CT molecular complexity index is 853. The molecule has 7 nitrogen and oxygen atoms in total. The minimum Gasteiger partial charge on any atom is -0.465 e. The minimum atomic E-state index is -0.453. The van der Waals surface area contributed by atoms with Crippen molar-refractivity contribution in [1.82, 2.24) is 9.97 Å². The van der Waals surface area contributed by atoms with E-state index in [1.165, 1.54) is 13.5 Å². The first-order chi connectivity index (χ1) is 13.0. The van der Waals surface area contributed by atoms with Gasteiger partial charge in [0.2, 0.25) is 0 Å². The molecule has 1 aliphatic heterocycles. The SMILES string of the molecule is COC(=O)c1cccc(NC(=O)c2cc(N3CCCC(C)C3)nc(C)n2)c1. The van der Waals surface area contributed by atoms with Gasteiger partial charge in [0.15, 0.2) is 0 Å². The van der Waals surface area contributed by atoms with Crippen LogP contribution in [0.15, 0.2) is 30.3 Å². The summed E-state index contributed by atoms with van der Waals surface area (Å²) in [4.78, 5) is 35.3. The number of aromatic nitrogens is 2. The predicted octanol–water partition coefficient (Wildman–Crippen LogP) is 3.06. The summed E-state index contributed by atoms with van der Waals surface area (Å²) >= 11 is 0. The summed E-state index contributed by atoms with van der Waals surface area (Å²) in [7, 11) is 1.32. The molecule has 1 aromatic carbocycles. The Labute approximate surface area is 158 Å². The van der Waals surface area contributed by atoms with Crippen LogP contribution in [0.3, 0.4) is 0 Å². The second-order valence-electron chi connectivity index (χ2n) is 6.88. The number of aryl methyl sites for hydroxylation is 1. The van der Waals surface area contributed by atoms with Crippen molar-refractivity contribution in [3.05, 3.63) is 47.4 Å². The summed E-state index contributed by atoms with van der Waals surface area (Å²) < 4.78 is 4.71. The van der Waals surface area contributed by atoms with Gasteiger partial charge in [0.05, 0.1) is 12.7 Å². The summed E-state index contributed by atoms with van der Waals surface area (Å²) in [6.07, 6.45) is 2.33. The molecule has 0 radical (unpaired) electrons. The molecule has 1 amide bonds. The van der Waals surface area contributed by atoms with Crippen molar-refractivity contribution in [3.8, 4) is 0 Å². The van der Waals surface area contributed by atoms with Crippen molar-refractivity contribution in [1.29, 1.82) is 0 Å². The molecule has 0 bridgehead atoms. The highest BCUT2D eigenvalue weighted by Crippen LogP contribution is 2.22. The van der Waals surface area contributed by atoms with E-state index in [-0.39, 0.29) is 5.91 Å². The predicted molar refractivity (Wildman–Crippen MR) is 103 cm³/mol. The number of esters is 1. The van der Waals surface area contributed by atoms with Crippen LogP contribution in [0.4, 0.5) is 11.5 Å². The molecule has 142 valence electrons. The molecule has 1 aliphatic rings. The molecule has 0 aliphatic carbocycles. The lowest BCUT2D eigenvalue weighted by Crippen LogP contribution is -2.35. The topological polar surface area (TPSA) is 84.4 Å². The maximum absolute atomic E-state index is 12.7. The Balaban J connectivity index is 1.80. The number of hydrogen-bond acceptors (Lipinski definition) is 6. The largest absolute Gasteiger partial charge is 0.465 e. The van der Waals surface area contributed by atoms with E-state index in [1.807, 2.05) is 0 Å². The molecule has 1 N–H and O–H groups in total. The number of carbonyl (C=O) groups is 2. The zero-order valence-electron chi connectivity index (χ0n) is 15.9. The number of methoxy groups -OCH3 is 1. The van der Waals surface area contributed by atoms with E-state index in [9.17, 15) is 9.59 Å². The fourth-order valence-corrected chi connectivity index (χ4v) is 3.26. The first kappa shape index (κ1) is 18.8. The molecule has 2 aromatic rings. The number of ether oxygens (including phenoxy) is 1. The molecule has 3 rings (SSSR count). The molecule has 0 saturated carbocycles. The maximum Gasteiger partial charge on any atom is 0.337 e. The Morgan fingerprint density at radius 2 is 2.07 bits per heavy atom. The van der Waals surface area contributed by atoms with Gasteiger partial charge in [-0.1, -0.05) is 13.0 Å². The van der Waals surface area contributed by atoms with E-state index in [4.69, 9.17) is 4.74 Å². The van der Waals surface area contributed by atoms with Crippen LogP contribution in [0.25, 0.3) is 0 Å². The molecule has 1 atom stereocenters. The van der Waals surface area contributed by atoms with Gasteiger partial charge in [0, 0.05) is 24.8 Å². The Hall–Kier alpha value is -2.96. The Kier molecular flexibility index (Phi) is 5.69. The second kappa shape index (κ2) is 8.16. The highest BCUT2D eigenvalue weighted by molar-refractivity contribution is 6.04. The molecule has 27 heavy (non-hydrogen) atoms. The van der Waals surface area contributed by atoms with E-state index in [2.05, 4.69) is 27.1 Å². The van der Waals surface area contributed by atoms with Gasteiger partial charge in [-0.05, 0) is 43.9 Å². The van der Waals surface area contributed by atoms with Gasteiger partial charge in [0.25, 0.3) is 5.91 Å². The second-order valence-corrected chi connectivity index (χ2v) is 6.88. The average molecular weight is 368 g/mol. The van der Waals surface area contributed by atoms with Gasteiger partial charge < -0.3 is 15.0 Å². The van der Waals surface area contributed by atoms with E-state index in [0.717, 1.165) is 25.3 Å². The highest BCUT2D eigenvalue weighted by atomic mass is 16.5. The van der Waals surface area contributed by atoms with Gasteiger partial charge >= 0.3 is 5.97 Å². The highest BCUT2D eigenvalue weighted by Gasteiger charge is 2.20. The molecule has 7 heteroatoms. The van der Waals surface area contributed by atoms with Crippen LogP contribution in [-0.4, -0.2) is 42.0 Å². The zero-order chi connectivity index (χ0) is 19.4. The normalized spacial score (nSPS) is 16.7. The summed E-state index contributed by atoms with van der Waals surface area (Å²) in [6, 6.07) is 8.33. The van der Waals surface area contributed by atoms with Crippen molar-refractivity contribution < 1.29 is 14.3 Å². The van der Waals surface area contributed by atoms with Crippen molar-refractivity contribution in [2.75, 3.05) is 30.4 Å². The van der Waals surface area contributed by atoms with Crippen LogP contribution in [0, 0.1) is 12.8 Å². The monoisotopic (exact) mass is 368 g/mol. The maximum atomic E-state index is 12.7. The number of nitrogens with zero attached hydrogens (tertiary/aromatic N) is 3. The van der Waals surface area contributed by atoms with E-state index < -0.39 is 5.97 Å². The summed E-state index contributed by atoms with van der Waals surface area (Å²) in [5, 5.41) is 2.79. The molecule has 2 heterocycles. The summed E-state index contributed by atoms with van der Waals surface area (Å²) in [5.74, 6) is 1.15. The number of rotatable bonds is 4. The number of hydrogen-bond donors (Lipinski definition) is 1. The third-order valence-corrected chi connectivity index (χ3v) is 4.58. The van der Waals surface area contributed by atoms with E-state index >= 15 is 0 Å². The van der Waals surface area contributed by atoms with E-state index in [0.29, 0.717) is 28.7 Å².